The minimum absolute atomic E-state index is 0.554. The molecule has 0 aliphatic heterocycles. The monoisotopic (exact) mass is 377 g/mol. The van der Waals surface area contributed by atoms with Gasteiger partial charge in [-0.3, -0.25) is 0 Å². The number of hydrogen-bond acceptors (Lipinski definition) is 1. The van der Waals surface area contributed by atoms with Gasteiger partial charge in [-0.15, -0.1) is 0 Å². The number of thiocarbonyl (C=S) groups is 1. The summed E-state index contributed by atoms with van der Waals surface area (Å²) in [6.07, 6.45) is 0.844. The van der Waals surface area contributed by atoms with Crippen molar-refractivity contribution in [2.45, 2.75) is 13.3 Å². The zero-order valence-electron chi connectivity index (χ0n) is 13.1. The van der Waals surface area contributed by atoms with E-state index in [1.54, 1.807) is 0 Å². The number of benzene rings is 2. The van der Waals surface area contributed by atoms with Crippen molar-refractivity contribution in [1.29, 1.82) is 0 Å². The Morgan fingerprint density at radius 2 is 1.96 bits per heavy atom. The topological polar surface area (TPSA) is 39.9 Å². The summed E-state index contributed by atoms with van der Waals surface area (Å²) in [5, 5.41) is 9.43. The molecule has 0 aliphatic rings. The van der Waals surface area contributed by atoms with E-state index in [-0.39, 0.29) is 0 Å². The largest absolute Gasteiger partial charge is 0.362 e. The van der Waals surface area contributed by atoms with E-state index < -0.39 is 0 Å². The smallest absolute Gasteiger partial charge is 0.170 e. The number of halogens is 2. The molecule has 6 heteroatoms. The summed E-state index contributed by atoms with van der Waals surface area (Å²) in [5.74, 6) is 0. The Morgan fingerprint density at radius 3 is 2.75 bits per heavy atom. The molecule has 0 aliphatic carbocycles. The molecule has 0 fully saturated rings. The molecule has 24 heavy (non-hydrogen) atoms. The van der Waals surface area contributed by atoms with Crippen molar-refractivity contribution in [2.75, 3.05) is 11.9 Å². The van der Waals surface area contributed by atoms with E-state index in [0.29, 0.717) is 10.1 Å². The highest BCUT2D eigenvalue weighted by Gasteiger charge is 2.09. The number of anilines is 1. The van der Waals surface area contributed by atoms with Gasteiger partial charge in [0, 0.05) is 28.2 Å². The van der Waals surface area contributed by atoms with Crippen LogP contribution in [0.15, 0.2) is 42.5 Å². The quantitative estimate of drug-likeness (QED) is 0.539. The molecule has 3 nitrogen and oxygen atoms in total. The van der Waals surface area contributed by atoms with Crippen molar-refractivity contribution >= 4 is 57.1 Å². The van der Waals surface area contributed by atoms with Gasteiger partial charge in [0.15, 0.2) is 5.11 Å². The second-order valence-electron chi connectivity index (χ2n) is 5.53. The van der Waals surface area contributed by atoms with Gasteiger partial charge >= 0.3 is 0 Å². The van der Waals surface area contributed by atoms with Gasteiger partial charge in [0.1, 0.15) is 0 Å². The van der Waals surface area contributed by atoms with Crippen LogP contribution in [-0.4, -0.2) is 16.6 Å². The summed E-state index contributed by atoms with van der Waals surface area (Å²) in [5.41, 5.74) is 4.30. The lowest BCUT2D eigenvalue weighted by Crippen LogP contribution is -2.30. The van der Waals surface area contributed by atoms with Gasteiger partial charge in [0.25, 0.3) is 0 Å². The molecule has 0 bridgehead atoms. The summed E-state index contributed by atoms with van der Waals surface area (Å²) in [6, 6.07) is 13.4. The van der Waals surface area contributed by atoms with Gasteiger partial charge in [-0.1, -0.05) is 35.3 Å². The van der Waals surface area contributed by atoms with Crippen molar-refractivity contribution in [2.24, 2.45) is 0 Å². The molecule has 3 N–H and O–H groups in total. The van der Waals surface area contributed by atoms with Gasteiger partial charge in [-0.05, 0) is 61.5 Å². The van der Waals surface area contributed by atoms with E-state index in [2.05, 4.69) is 22.5 Å². The Hall–Kier alpha value is -1.75. The third-order valence-electron chi connectivity index (χ3n) is 3.86. The van der Waals surface area contributed by atoms with E-state index in [9.17, 15) is 0 Å². The Bertz CT molecular complexity index is 889. The summed E-state index contributed by atoms with van der Waals surface area (Å²) < 4.78 is 0. The summed E-state index contributed by atoms with van der Waals surface area (Å²) in [6.45, 7) is 2.79. The van der Waals surface area contributed by atoms with Crippen LogP contribution in [0, 0.1) is 6.92 Å². The van der Waals surface area contributed by atoms with Crippen molar-refractivity contribution < 1.29 is 0 Å². The van der Waals surface area contributed by atoms with Crippen LogP contribution in [-0.2, 0) is 6.42 Å². The first-order chi connectivity index (χ1) is 11.5. The molecule has 0 saturated carbocycles. The summed E-state index contributed by atoms with van der Waals surface area (Å²) in [7, 11) is 0. The maximum Gasteiger partial charge on any atom is 0.170 e. The molecule has 0 radical (unpaired) electrons. The fourth-order valence-electron chi connectivity index (χ4n) is 2.71. The number of aromatic amines is 1. The zero-order chi connectivity index (χ0) is 17.1. The Kier molecular flexibility index (Phi) is 5.29. The molecular weight excluding hydrogens is 361 g/mol. The van der Waals surface area contributed by atoms with Crippen LogP contribution >= 0.6 is 35.4 Å². The highest BCUT2D eigenvalue weighted by molar-refractivity contribution is 7.80. The first kappa shape index (κ1) is 17.1. The standard InChI is InChI=1S/C18H17Cl2N3S/c1-11-13(14-10-12(19)6-7-16(14)22-11)8-9-21-18(24)23-17-5-3-2-4-15(17)20/h2-7,10,22H,8-9H2,1H3,(H2,21,23,24). The molecule has 0 atom stereocenters. The molecular formula is C18H17Cl2N3S. The lowest BCUT2D eigenvalue weighted by atomic mass is 10.1. The van der Waals surface area contributed by atoms with Crippen LogP contribution < -0.4 is 10.6 Å². The van der Waals surface area contributed by atoms with Gasteiger partial charge < -0.3 is 15.6 Å². The predicted octanol–water partition coefficient (Wildman–Crippen LogP) is 5.31. The van der Waals surface area contributed by atoms with Crippen LogP contribution in [0.3, 0.4) is 0 Å². The van der Waals surface area contributed by atoms with Crippen molar-refractivity contribution in [3.8, 4) is 0 Å². The number of aromatic nitrogens is 1. The average Bonchev–Trinajstić information content (AvgIpc) is 2.85. The van der Waals surface area contributed by atoms with Crippen LogP contribution in [0.2, 0.25) is 10.0 Å². The zero-order valence-corrected chi connectivity index (χ0v) is 15.4. The van der Waals surface area contributed by atoms with Gasteiger partial charge in [0.05, 0.1) is 10.7 Å². The van der Waals surface area contributed by atoms with Gasteiger partial charge in [0.2, 0.25) is 0 Å². The van der Waals surface area contributed by atoms with Crippen molar-refractivity contribution in [1.82, 2.24) is 10.3 Å². The van der Waals surface area contributed by atoms with E-state index in [1.807, 2.05) is 42.5 Å². The normalized spacial score (nSPS) is 10.8. The highest BCUT2D eigenvalue weighted by atomic mass is 35.5. The molecule has 0 unspecified atom stereocenters. The minimum Gasteiger partial charge on any atom is -0.362 e. The second-order valence-corrected chi connectivity index (χ2v) is 6.78. The number of aryl methyl sites for hydroxylation is 1. The maximum atomic E-state index is 6.12. The lowest BCUT2D eigenvalue weighted by molar-refractivity contribution is 0.871. The number of hydrogen-bond donors (Lipinski definition) is 3. The first-order valence-corrected chi connectivity index (χ1v) is 8.77. The highest BCUT2D eigenvalue weighted by Crippen LogP contribution is 2.25. The molecule has 3 aromatic rings. The van der Waals surface area contributed by atoms with Gasteiger partial charge in [-0.2, -0.15) is 0 Å². The van der Waals surface area contributed by atoms with Crippen LogP contribution in [0.5, 0.6) is 0 Å². The Balaban J connectivity index is 1.62. The number of rotatable bonds is 4. The molecule has 0 spiro atoms. The first-order valence-electron chi connectivity index (χ1n) is 7.60. The van der Waals surface area contributed by atoms with Crippen LogP contribution in [0.4, 0.5) is 5.69 Å². The van der Waals surface area contributed by atoms with E-state index >= 15 is 0 Å². The second kappa shape index (κ2) is 7.43. The van der Waals surface area contributed by atoms with Crippen molar-refractivity contribution in [3.63, 3.8) is 0 Å². The maximum absolute atomic E-state index is 6.12. The molecule has 0 saturated heterocycles. The summed E-state index contributed by atoms with van der Waals surface area (Å²) >= 11 is 17.6. The number of nitrogens with one attached hydrogen (secondary N) is 3. The molecule has 3 rings (SSSR count). The fraction of sp³-hybridized carbons (Fsp3) is 0.167. The van der Waals surface area contributed by atoms with E-state index in [0.717, 1.165) is 40.3 Å². The minimum atomic E-state index is 0.554. The molecule has 1 heterocycles. The third-order valence-corrected chi connectivity index (χ3v) is 4.68. The van der Waals surface area contributed by atoms with E-state index in [4.69, 9.17) is 35.4 Å². The van der Waals surface area contributed by atoms with Crippen LogP contribution in [0.1, 0.15) is 11.3 Å². The number of fused-ring (bicyclic) bond motifs is 1. The Labute approximate surface area is 156 Å². The van der Waals surface area contributed by atoms with Crippen molar-refractivity contribution in [3.05, 3.63) is 63.8 Å². The predicted molar refractivity (Wildman–Crippen MR) is 107 cm³/mol. The lowest BCUT2D eigenvalue weighted by Gasteiger charge is -2.11. The Morgan fingerprint density at radius 1 is 1.17 bits per heavy atom. The molecule has 124 valence electrons. The molecule has 0 amide bonds. The number of para-hydroxylation sites is 1. The molecule has 1 aromatic heterocycles. The fourth-order valence-corrected chi connectivity index (χ4v) is 3.27. The number of H-pyrrole nitrogens is 1. The SMILES string of the molecule is Cc1[nH]c2ccc(Cl)cc2c1CCNC(=S)Nc1ccccc1Cl. The summed E-state index contributed by atoms with van der Waals surface area (Å²) in [4.78, 5) is 3.39. The van der Waals surface area contributed by atoms with Crippen LogP contribution in [0.25, 0.3) is 10.9 Å². The third kappa shape index (κ3) is 3.83. The average molecular weight is 378 g/mol. The van der Waals surface area contributed by atoms with Gasteiger partial charge in [-0.25, -0.2) is 0 Å². The molecule has 2 aromatic carbocycles. The van der Waals surface area contributed by atoms with E-state index in [1.165, 1.54) is 5.56 Å².